The molecule has 0 rings (SSSR count). The SMILES string of the molecule is CCC(C)C(NC(=O)CN)C(=O)NC(CCCCN)C(=O)NC(CC(=O)O)C(=O)O. The molecule has 12 heteroatoms. The van der Waals surface area contributed by atoms with Gasteiger partial charge in [0, 0.05) is 0 Å². The smallest absolute Gasteiger partial charge is 0.326 e. The summed E-state index contributed by atoms with van der Waals surface area (Å²) in [4.78, 5) is 59.1. The second-order valence-electron chi connectivity index (χ2n) is 6.98. The van der Waals surface area contributed by atoms with Gasteiger partial charge in [0.1, 0.15) is 18.1 Å². The molecule has 0 spiro atoms. The average molecular weight is 431 g/mol. The highest BCUT2D eigenvalue weighted by Crippen LogP contribution is 2.10. The van der Waals surface area contributed by atoms with Crippen LogP contribution in [-0.4, -0.2) is 71.1 Å². The fourth-order valence-corrected chi connectivity index (χ4v) is 2.60. The van der Waals surface area contributed by atoms with Gasteiger partial charge < -0.3 is 37.6 Å². The minimum atomic E-state index is -1.65. The van der Waals surface area contributed by atoms with E-state index < -0.39 is 54.2 Å². The van der Waals surface area contributed by atoms with Crippen molar-refractivity contribution in [2.24, 2.45) is 17.4 Å². The highest BCUT2D eigenvalue weighted by atomic mass is 16.4. The number of nitrogens with two attached hydrogens (primary N) is 2. The Labute approximate surface area is 175 Å². The summed E-state index contributed by atoms with van der Waals surface area (Å²) in [7, 11) is 0. The van der Waals surface area contributed by atoms with E-state index in [9.17, 15) is 24.0 Å². The molecule has 0 aromatic heterocycles. The summed E-state index contributed by atoms with van der Waals surface area (Å²) >= 11 is 0. The number of carbonyl (C=O) groups is 5. The highest BCUT2D eigenvalue weighted by Gasteiger charge is 2.31. The maximum Gasteiger partial charge on any atom is 0.326 e. The lowest BCUT2D eigenvalue weighted by Crippen LogP contribution is -2.57. The third-order valence-corrected chi connectivity index (χ3v) is 4.57. The Morgan fingerprint density at radius 2 is 1.50 bits per heavy atom. The fraction of sp³-hybridized carbons (Fsp3) is 0.722. The molecule has 4 unspecified atom stereocenters. The van der Waals surface area contributed by atoms with E-state index in [1.54, 1.807) is 6.92 Å². The molecule has 0 radical (unpaired) electrons. The van der Waals surface area contributed by atoms with Crippen molar-refractivity contribution in [3.05, 3.63) is 0 Å². The van der Waals surface area contributed by atoms with E-state index in [-0.39, 0.29) is 18.9 Å². The van der Waals surface area contributed by atoms with Crippen molar-refractivity contribution in [2.75, 3.05) is 13.1 Å². The van der Waals surface area contributed by atoms with Gasteiger partial charge in [0.25, 0.3) is 0 Å². The number of rotatable bonds is 15. The van der Waals surface area contributed by atoms with Gasteiger partial charge in [-0.05, 0) is 31.7 Å². The van der Waals surface area contributed by atoms with Crippen molar-refractivity contribution in [3.8, 4) is 0 Å². The van der Waals surface area contributed by atoms with E-state index in [0.29, 0.717) is 25.8 Å². The zero-order valence-electron chi connectivity index (χ0n) is 17.3. The van der Waals surface area contributed by atoms with Crippen LogP contribution in [0.4, 0.5) is 0 Å². The van der Waals surface area contributed by atoms with E-state index in [1.807, 2.05) is 6.92 Å². The number of hydrogen-bond acceptors (Lipinski definition) is 7. The molecule has 0 bridgehead atoms. The minimum absolute atomic E-state index is 0.159. The van der Waals surface area contributed by atoms with Crippen LogP contribution in [0.5, 0.6) is 0 Å². The lowest BCUT2D eigenvalue weighted by atomic mass is 9.97. The van der Waals surface area contributed by atoms with Gasteiger partial charge in [0.05, 0.1) is 13.0 Å². The van der Waals surface area contributed by atoms with Crippen LogP contribution in [-0.2, 0) is 24.0 Å². The van der Waals surface area contributed by atoms with Crippen molar-refractivity contribution >= 4 is 29.7 Å². The lowest BCUT2D eigenvalue weighted by molar-refractivity contribution is -0.147. The molecule has 0 aliphatic heterocycles. The molecule has 0 aromatic carbocycles. The number of carboxylic acids is 2. The predicted octanol–water partition coefficient (Wildman–Crippen LogP) is -1.87. The molecular formula is C18H33N5O7. The normalized spacial score (nSPS) is 14.7. The summed E-state index contributed by atoms with van der Waals surface area (Å²) in [5.41, 5.74) is 10.7. The Kier molecular flexibility index (Phi) is 13.0. The molecule has 0 aliphatic rings. The Hall–Kier alpha value is -2.73. The highest BCUT2D eigenvalue weighted by molar-refractivity contribution is 5.94. The number of carboxylic acid groups (broad SMARTS) is 2. The van der Waals surface area contributed by atoms with Crippen LogP contribution >= 0.6 is 0 Å². The van der Waals surface area contributed by atoms with Gasteiger partial charge in [-0.3, -0.25) is 19.2 Å². The number of aliphatic carboxylic acids is 2. The molecule has 0 fully saturated rings. The number of amides is 3. The van der Waals surface area contributed by atoms with Gasteiger partial charge in [-0.25, -0.2) is 4.79 Å². The summed E-state index contributed by atoms with van der Waals surface area (Å²) in [6, 6.07) is -3.71. The Morgan fingerprint density at radius 3 is 1.97 bits per heavy atom. The van der Waals surface area contributed by atoms with E-state index in [4.69, 9.17) is 21.7 Å². The van der Waals surface area contributed by atoms with Crippen LogP contribution in [0.1, 0.15) is 46.0 Å². The maximum atomic E-state index is 12.8. The van der Waals surface area contributed by atoms with E-state index in [2.05, 4.69) is 16.0 Å². The van der Waals surface area contributed by atoms with Gasteiger partial charge in [0.2, 0.25) is 17.7 Å². The molecule has 4 atom stereocenters. The van der Waals surface area contributed by atoms with Crippen molar-refractivity contribution in [1.29, 1.82) is 0 Å². The predicted molar refractivity (Wildman–Crippen MR) is 107 cm³/mol. The molecule has 0 saturated carbocycles. The zero-order valence-corrected chi connectivity index (χ0v) is 17.3. The molecular weight excluding hydrogens is 398 g/mol. The lowest BCUT2D eigenvalue weighted by Gasteiger charge is -2.27. The van der Waals surface area contributed by atoms with Crippen LogP contribution in [0.3, 0.4) is 0 Å². The van der Waals surface area contributed by atoms with Crippen molar-refractivity contribution < 1.29 is 34.2 Å². The molecule has 0 saturated heterocycles. The molecule has 9 N–H and O–H groups in total. The van der Waals surface area contributed by atoms with Crippen LogP contribution in [0.2, 0.25) is 0 Å². The first kappa shape index (κ1) is 27.3. The first-order valence-electron chi connectivity index (χ1n) is 9.82. The third kappa shape index (κ3) is 10.2. The van der Waals surface area contributed by atoms with Crippen LogP contribution in [0.25, 0.3) is 0 Å². The van der Waals surface area contributed by atoms with E-state index >= 15 is 0 Å². The number of hydrogen-bond donors (Lipinski definition) is 7. The molecule has 3 amide bonds. The first-order chi connectivity index (χ1) is 14.1. The van der Waals surface area contributed by atoms with Gasteiger partial charge in [-0.15, -0.1) is 0 Å². The maximum absolute atomic E-state index is 12.8. The van der Waals surface area contributed by atoms with Crippen LogP contribution in [0.15, 0.2) is 0 Å². The van der Waals surface area contributed by atoms with E-state index in [1.165, 1.54) is 0 Å². The summed E-state index contributed by atoms with van der Waals surface area (Å²) in [6.45, 7) is 3.63. The Bertz CT molecular complexity index is 614. The van der Waals surface area contributed by atoms with Crippen molar-refractivity contribution in [3.63, 3.8) is 0 Å². The second kappa shape index (κ2) is 14.3. The third-order valence-electron chi connectivity index (χ3n) is 4.57. The van der Waals surface area contributed by atoms with Crippen LogP contribution < -0.4 is 27.4 Å². The monoisotopic (exact) mass is 431 g/mol. The summed E-state index contributed by atoms with van der Waals surface area (Å²) in [6.07, 6.45) is 0.941. The summed E-state index contributed by atoms with van der Waals surface area (Å²) in [5, 5.41) is 25.1. The van der Waals surface area contributed by atoms with Crippen molar-refractivity contribution in [1.82, 2.24) is 16.0 Å². The first-order valence-corrected chi connectivity index (χ1v) is 9.82. The number of nitrogens with one attached hydrogen (secondary N) is 3. The topological polar surface area (TPSA) is 214 Å². The molecule has 30 heavy (non-hydrogen) atoms. The summed E-state index contributed by atoms with van der Waals surface area (Å²) in [5.74, 6) is -5.15. The molecule has 12 nitrogen and oxygen atoms in total. The molecule has 172 valence electrons. The average Bonchev–Trinajstić information content (AvgIpc) is 2.69. The minimum Gasteiger partial charge on any atom is -0.481 e. The van der Waals surface area contributed by atoms with Gasteiger partial charge in [0.15, 0.2) is 0 Å². The molecule has 0 aliphatic carbocycles. The van der Waals surface area contributed by atoms with Gasteiger partial charge >= 0.3 is 11.9 Å². The number of unbranched alkanes of at least 4 members (excludes halogenated alkanes) is 1. The Morgan fingerprint density at radius 1 is 0.900 bits per heavy atom. The van der Waals surface area contributed by atoms with Gasteiger partial charge in [-0.1, -0.05) is 20.3 Å². The fourth-order valence-electron chi connectivity index (χ4n) is 2.60. The summed E-state index contributed by atoms with van der Waals surface area (Å²) < 4.78 is 0. The quantitative estimate of drug-likeness (QED) is 0.144. The van der Waals surface area contributed by atoms with Gasteiger partial charge in [-0.2, -0.15) is 0 Å². The standard InChI is InChI=1S/C18H33N5O7/c1-3-10(2)15(23-13(24)9-20)17(28)21-11(6-4-5-7-19)16(27)22-12(18(29)30)8-14(25)26/h10-12,15H,3-9,19-20H2,1-2H3,(H,21,28)(H,22,27)(H,23,24)(H,25,26)(H,29,30). The van der Waals surface area contributed by atoms with E-state index in [0.717, 1.165) is 0 Å². The largest absolute Gasteiger partial charge is 0.481 e. The zero-order chi connectivity index (χ0) is 23.3. The van der Waals surface area contributed by atoms with Crippen molar-refractivity contribution in [2.45, 2.75) is 64.1 Å². The molecule has 0 aromatic rings. The second-order valence-corrected chi connectivity index (χ2v) is 6.98. The number of carbonyl (C=O) groups excluding carboxylic acids is 3. The Balaban J connectivity index is 5.43. The molecule has 0 heterocycles. The van der Waals surface area contributed by atoms with Crippen LogP contribution in [0, 0.1) is 5.92 Å².